The first-order chi connectivity index (χ1) is 13.0. The minimum Gasteiger partial charge on any atom is -0.493 e. The molecule has 27 heavy (non-hydrogen) atoms. The second-order valence-corrected chi connectivity index (χ2v) is 6.10. The van der Waals surface area contributed by atoms with Crippen LogP contribution in [0.5, 0.6) is 11.5 Å². The first-order valence-electron chi connectivity index (χ1n) is 8.45. The van der Waals surface area contributed by atoms with E-state index in [9.17, 15) is 4.79 Å². The molecule has 0 saturated carbocycles. The van der Waals surface area contributed by atoms with Crippen LogP contribution in [0.2, 0.25) is 0 Å². The molecule has 0 aliphatic rings. The molecular formula is C20H21N3O4. The van der Waals surface area contributed by atoms with E-state index in [2.05, 4.69) is 15.5 Å². The zero-order chi connectivity index (χ0) is 19.4. The van der Waals surface area contributed by atoms with E-state index in [4.69, 9.17) is 14.0 Å². The smallest absolute Gasteiger partial charge is 0.293 e. The molecule has 0 spiro atoms. The third-order valence-electron chi connectivity index (χ3n) is 4.18. The van der Waals surface area contributed by atoms with Gasteiger partial charge in [0.15, 0.2) is 11.5 Å². The Morgan fingerprint density at radius 1 is 1.07 bits per heavy atom. The molecule has 2 aromatic carbocycles. The van der Waals surface area contributed by atoms with Gasteiger partial charge in [0.25, 0.3) is 17.6 Å². The van der Waals surface area contributed by atoms with Crippen molar-refractivity contribution >= 4 is 5.91 Å². The van der Waals surface area contributed by atoms with Crippen LogP contribution in [0.4, 0.5) is 0 Å². The van der Waals surface area contributed by atoms with E-state index < -0.39 is 5.91 Å². The summed E-state index contributed by atoms with van der Waals surface area (Å²) < 4.78 is 15.7. The Balaban J connectivity index is 1.73. The number of nitrogens with one attached hydrogen (secondary N) is 1. The maximum atomic E-state index is 12.5. The average Bonchev–Trinajstić information content (AvgIpc) is 3.18. The van der Waals surface area contributed by atoms with Crippen molar-refractivity contribution in [2.45, 2.75) is 19.9 Å². The van der Waals surface area contributed by atoms with E-state index in [1.54, 1.807) is 20.3 Å². The van der Waals surface area contributed by atoms with E-state index in [1.807, 2.05) is 50.2 Å². The van der Waals surface area contributed by atoms with Gasteiger partial charge in [0, 0.05) is 5.56 Å². The number of benzene rings is 2. The highest BCUT2D eigenvalue weighted by molar-refractivity contribution is 5.90. The standard InChI is InChI=1S/C20H21N3O4/c1-12-5-7-14(8-6-12)20-22-18(23-27-20)19(24)21-13(2)15-9-10-16(25-3)17(11-15)26-4/h5-11,13H,1-4H3,(H,21,24)/t13-/m0/s1. The third-order valence-corrected chi connectivity index (χ3v) is 4.18. The van der Waals surface area contributed by atoms with Gasteiger partial charge in [0.2, 0.25) is 0 Å². The lowest BCUT2D eigenvalue weighted by Gasteiger charge is -2.15. The van der Waals surface area contributed by atoms with Gasteiger partial charge in [-0.05, 0) is 43.7 Å². The predicted octanol–water partition coefficient (Wildman–Crippen LogP) is 3.55. The van der Waals surface area contributed by atoms with Crippen molar-refractivity contribution in [3.05, 3.63) is 59.4 Å². The molecule has 0 aliphatic heterocycles. The van der Waals surface area contributed by atoms with E-state index in [1.165, 1.54) is 0 Å². The summed E-state index contributed by atoms with van der Waals surface area (Å²) in [6.45, 7) is 3.85. The number of methoxy groups -OCH3 is 2. The lowest BCUT2D eigenvalue weighted by molar-refractivity contribution is 0.0926. The fourth-order valence-corrected chi connectivity index (χ4v) is 2.60. The summed E-state index contributed by atoms with van der Waals surface area (Å²) in [6.07, 6.45) is 0. The Hall–Kier alpha value is -3.35. The topological polar surface area (TPSA) is 86.5 Å². The quantitative estimate of drug-likeness (QED) is 0.717. The highest BCUT2D eigenvalue weighted by Gasteiger charge is 2.19. The van der Waals surface area contributed by atoms with Crippen LogP contribution >= 0.6 is 0 Å². The Bertz CT molecular complexity index is 935. The number of hydrogen-bond donors (Lipinski definition) is 1. The summed E-state index contributed by atoms with van der Waals surface area (Å²) in [7, 11) is 3.14. The maximum absolute atomic E-state index is 12.5. The minimum absolute atomic E-state index is 0.0158. The first-order valence-corrected chi connectivity index (χ1v) is 8.45. The average molecular weight is 367 g/mol. The van der Waals surface area contributed by atoms with E-state index >= 15 is 0 Å². The molecule has 1 amide bonds. The Labute approximate surface area is 157 Å². The molecule has 140 valence electrons. The Morgan fingerprint density at radius 3 is 2.44 bits per heavy atom. The summed E-state index contributed by atoms with van der Waals surface area (Å²) in [4.78, 5) is 16.6. The highest BCUT2D eigenvalue weighted by Crippen LogP contribution is 2.30. The Morgan fingerprint density at radius 2 is 1.78 bits per heavy atom. The van der Waals surface area contributed by atoms with Gasteiger partial charge >= 0.3 is 0 Å². The molecule has 0 radical (unpaired) electrons. The number of hydrogen-bond acceptors (Lipinski definition) is 6. The van der Waals surface area contributed by atoms with Crippen molar-refractivity contribution in [2.24, 2.45) is 0 Å². The molecule has 3 rings (SSSR count). The molecule has 3 aromatic rings. The zero-order valence-electron chi connectivity index (χ0n) is 15.6. The van der Waals surface area contributed by atoms with E-state index in [0.717, 1.165) is 16.7 Å². The molecule has 7 nitrogen and oxygen atoms in total. The number of aromatic nitrogens is 2. The summed E-state index contributed by atoms with van der Waals surface area (Å²) in [5.74, 6) is 1.09. The summed E-state index contributed by atoms with van der Waals surface area (Å²) in [5.41, 5.74) is 2.75. The number of amides is 1. The first kappa shape index (κ1) is 18.4. The van der Waals surface area contributed by atoms with Crippen LogP contribution in [0.1, 0.15) is 34.7 Å². The molecule has 7 heteroatoms. The third kappa shape index (κ3) is 4.08. The van der Waals surface area contributed by atoms with Crippen molar-refractivity contribution < 1.29 is 18.8 Å². The zero-order valence-corrected chi connectivity index (χ0v) is 15.6. The molecule has 0 saturated heterocycles. The summed E-state index contributed by atoms with van der Waals surface area (Å²) in [5, 5.41) is 6.63. The molecule has 0 bridgehead atoms. The van der Waals surface area contributed by atoms with Gasteiger partial charge in [-0.25, -0.2) is 0 Å². The van der Waals surface area contributed by atoms with Gasteiger partial charge in [-0.3, -0.25) is 4.79 Å². The lowest BCUT2D eigenvalue weighted by Crippen LogP contribution is -2.27. The van der Waals surface area contributed by atoms with E-state index in [-0.39, 0.29) is 11.9 Å². The van der Waals surface area contributed by atoms with Crippen molar-refractivity contribution in [1.29, 1.82) is 0 Å². The number of carbonyl (C=O) groups is 1. The van der Waals surface area contributed by atoms with Gasteiger partial charge in [-0.1, -0.05) is 28.9 Å². The van der Waals surface area contributed by atoms with Crippen LogP contribution < -0.4 is 14.8 Å². The monoisotopic (exact) mass is 367 g/mol. The van der Waals surface area contributed by atoms with Crippen molar-refractivity contribution in [3.63, 3.8) is 0 Å². The molecule has 0 unspecified atom stereocenters. The van der Waals surface area contributed by atoms with Crippen LogP contribution in [0, 0.1) is 6.92 Å². The van der Waals surface area contributed by atoms with Crippen LogP contribution in [0.25, 0.3) is 11.5 Å². The summed E-state index contributed by atoms with van der Waals surface area (Å²) in [6, 6.07) is 12.8. The fraction of sp³-hybridized carbons (Fsp3) is 0.250. The normalized spacial score (nSPS) is 11.7. The van der Waals surface area contributed by atoms with Gasteiger partial charge in [0.05, 0.1) is 20.3 Å². The van der Waals surface area contributed by atoms with Crippen LogP contribution in [-0.2, 0) is 0 Å². The second kappa shape index (κ2) is 7.90. The van der Waals surface area contributed by atoms with Crippen LogP contribution in [-0.4, -0.2) is 30.3 Å². The largest absolute Gasteiger partial charge is 0.493 e. The molecule has 0 aliphatic carbocycles. The number of ether oxygens (including phenoxy) is 2. The number of nitrogens with zero attached hydrogens (tertiary/aromatic N) is 2. The molecular weight excluding hydrogens is 346 g/mol. The van der Waals surface area contributed by atoms with Crippen LogP contribution in [0.3, 0.4) is 0 Å². The lowest BCUT2D eigenvalue weighted by atomic mass is 10.1. The van der Waals surface area contributed by atoms with E-state index in [0.29, 0.717) is 17.4 Å². The SMILES string of the molecule is COc1ccc([C@H](C)NC(=O)c2noc(-c3ccc(C)cc3)n2)cc1OC. The minimum atomic E-state index is -0.417. The number of rotatable bonds is 6. The predicted molar refractivity (Wildman–Crippen MR) is 99.9 cm³/mol. The van der Waals surface area contributed by atoms with Gasteiger partial charge in [0.1, 0.15) is 0 Å². The van der Waals surface area contributed by atoms with Crippen molar-refractivity contribution in [1.82, 2.24) is 15.5 Å². The van der Waals surface area contributed by atoms with Crippen LogP contribution in [0.15, 0.2) is 47.0 Å². The molecule has 1 aromatic heterocycles. The molecule has 1 atom stereocenters. The highest BCUT2D eigenvalue weighted by atomic mass is 16.5. The van der Waals surface area contributed by atoms with Gasteiger partial charge in [-0.15, -0.1) is 0 Å². The maximum Gasteiger partial charge on any atom is 0.293 e. The molecule has 1 N–H and O–H groups in total. The fourth-order valence-electron chi connectivity index (χ4n) is 2.60. The van der Waals surface area contributed by atoms with Gasteiger partial charge in [-0.2, -0.15) is 4.98 Å². The number of carbonyl (C=O) groups excluding carboxylic acids is 1. The number of aryl methyl sites for hydroxylation is 1. The van der Waals surface area contributed by atoms with Gasteiger partial charge < -0.3 is 19.3 Å². The summed E-state index contributed by atoms with van der Waals surface area (Å²) >= 11 is 0. The van der Waals surface area contributed by atoms with Crippen molar-refractivity contribution in [3.8, 4) is 23.0 Å². The molecule has 0 fully saturated rings. The van der Waals surface area contributed by atoms with Crippen molar-refractivity contribution in [2.75, 3.05) is 14.2 Å². The second-order valence-electron chi connectivity index (χ2n) is 6.10. The Kier molecular flexibility index (Phi) is 5.40. The molecule has 1 heterocycles.